The molecule has 0 amide bonds. The summed E-state index contributed by atoms with van der Waals surface area (Å²) in [6, 6.07) is 0. The van der Waals surface area contributed by atoms with Gasteiger partial charge in [-0.05, 0) is 19.3 Å². The number of hydrogen-bond donors (Lipinski definition) is 2. The van der Waals surface area contributed by atoms with E-state index >= 15 is 0 Å². The number of aliphatic imine (C=N–C) groups is 1. The minimum atomic E-state index is 0. The quantitative estimate of drug-likeness (QED) is 0.455. The number of guanidine groups is 1. The van der Waals surface area contributed by atoms with Crippen molar-refractivity contribution in [1.29, 1.82) is 0 Å². The summed E-state index contributed by atoms with van der Waals surface area (Å²) in [5, 5.41) is 6.54. The SMILES string of the molecule is C1CCCC(OCCNC2=NCCCN2)CC1.I. The fourth-order valence-corrected chi connectivity index (χ4v) is 2.45. The first kappa shape index (κ1) is 16.0. The van der Waals surface area contributed by atoms with Crippen LogP contribution in [0, 0.1) is 0 Å². The number of rotatable bonds is 4. The predicted octanol–water partition coefficient (Wildman–Crippen LogP) is 2.28. The molecule has 1 heterocycles. The molecule has 2 rings (SSSR count). The first-order chi connectivity index (χ1) is 8.45. The van der Waals surface area contributed by atoms with Gasteiger partial charge in [0.1, 0.15) is 0 Å². The maximum atomic E-state index is 5.91. The summed E-state index contributed by atoms with van der Waals surface area (Å²) in [4.78, 5) is 4.37. The number of ether oxygens (including phenoxy) is 1. The fourth-order valence-electron chi connectivity index (χ4n) is 2.45. The van der Waals surface area contributed by atoms with Crippen molar-refractivity contribution in [2.45, 2.75) is 51.0 Å². The molecule has 0 aromatic carbocycles. The van der Waals surface area contributed by atoms with Crippen LogP contribution in [0.15, 0.2) is 4.99 Å². The molecule has 0 radical (unpaired) electrons. The first-order valence-electron chi connectivity index (χ1n) is 7.09. The normalized spacial score (nSPS) is 21.2. The zero-order chi connectivity index (χ0) is 11.8. The maximum Gasteiger partial charge on any atom is 0.191 e. The van der Waals surface area contributed by atoms with Crippen molar-refractivity contribution in [2.75, 3.05) is 26.2 Å². The lowest BCUT2D eigenvalue weighted by Crippen LogP contribution is -2.42. The van der Waals surface area contributed by atoms with Crippen LogP contribution in [0.1, 0.15) is 44.9 Å². The highest BCUT2D eigenvalue weighted by Gasteiger charge is 2.12. The van der Waals surface area contributed by atoms with Crippen LogP contribution >= 0.6 is 24.0 Å². The number of nitrogens with zero attached hydrogens (tertiary/aromatic N) is 1. The molecule has 2 aliphatic rings. The first-order valence-corrected chi connectivity index (χ1v) is 7.09. The third-order valence-corrected chi connectivity index (χ3v) is 3.45. The Kier molecular flexibility index (Phi) is 8.75. The second kappa shape index (κ2) is 9.83. The summed E-state index contributed by atoms with van der Waals surface area (Å²) < 4.78 is 5.91. The van der Waals surface area contributed by atoms with E-state index in [1.807, 2.05) is 0 Å². The Balaban J connectivity index is 0.00000162. The van der Waals surface area contributed by atoms with E-state index < -0.39 is 0 Å². The predicted molar refractivity (Wildman–Crippen MR) is 85.8 cm³/mol. The molecule has 0 spiro atoms. The fraction of sp³-hybridized carbons (Fsp3) is 0.923. The van der Waals surface area contributed by atoms with Gasteiger partial charge in [0.2, 0.25) is 0 Å². The van der Waals surface area contributed by atoms with E-state index in [4.69, 9.17) is 4.74 Å². The van der Waals surface area contributed by atoms with Gasteiger partial charge in [-0.2, -0.15) is 0 Å². The van der Waals surface area contributed by atoms with Gasteiger partial charge in [-0.3, -0.25) is 4.99 Å². The van der Waals surface area contributed by atoms with Gasteiger partial charge in [0.15, 0.2) is 5.96 Å². The standard InChI is InChI=1S/C13H25N3O.HI/c1-2-4-7-12(6-3-1)17-11-10-16-13-14-8-5-9-15-13;/h12H,1-11H2,(H2,14,15,16);1H. The van der Waals surface area contributed by atoms with Crippen LogP contribution in [0.25, 0.3) is 0 Å². The molecule has 1 aliphatic carbocycles. The Hall–Kier alpha value is -0.0400. The number of halogens is 1. The van der Waals surface area contributed by atoms with Gasteiger partial charge in [0.05, 0.1) is 12.7 Å². The van der Waals surface area contributed by atoms with E-state index in [-0.39, 0.29) is 24.0 Å². The summed E-state index contributed by atoms with van der Waals surface area (Å²) in [7, 11) is 0. The molecule has 4 nitrogen and oxygen atoms in total. The Bertz CT molecular complexity index is 240. The van der Waals surface area contributed by atoms with Crippen molar-refractivity contribution in [3.63, 3.8) is 0 Å². The van der Waals surface area contributed by atoms with Gasteiger partial charge >= 0.3 is 0 Å². The zero-order valence-electron chi connectivity index (χ0n) is 11.1. The highest BCUT2D eigenvalue weighted by atomic mass is 127. The van der Waals surface area contributed by atoms with Crippen LogP contribution in [0.2, 0.25) is 0 Å². The molecule has 0 aromatic rings. The van der Waals surface area contributed by atoms with E-state index in [2.05, 4.69) is 15.6 Å². The summed E-state index contributed by atoms with van der Waals surface area (Å²) >= 11 is 0. The second-order valence-corrected chi connectivity index (χ2v) is 4.92. The van der Waals surface area contributed by atoms with Gasteiger partial charge < -0.3 is 15.4 Å². The van der Waals surface area contributed by atoms with Crippen molar-refractivity contribution in [1.82, 2.24) is 10.6 Å². The molecule has 1 aliphatic heterocycles. The van der Waals surface area contributed by atoms with Crippen LogP contribution in [0.5, 0.6) is 0 Å². The van der Waals surface area contributed by atoms with E-state index in [9.17, 15) is 0 Å². The Morgan fingerprint density at radius 1 is 1.17 bits per heavy atom. The molecule has 0 aromatic heterocycles. The van der Waals surface area contributed by atoms with Crippen molar-refractivity contribution in [3.8, 4) is 0 Å². The van der Waals surface area contributed by atoms with Crippen LogP contribution in [-0.2, 0) is 4.74 Å². The Morgan fingerprint density at radius 3 is 2.61 bits per heavy atom. The smallest absolute Gasteiger partial charge is 0.191 e. The third-order valence-electron chi connectivity index (χ3n) is 3.45. The minimum absolute atomic E-state index is 0. The zero-order valence-corrected chi connectivity index (χ0v) is 13.4. The van der Waals surface area contributed by atoms with Crippen molar-refractivity contribution in [2.24, 2.45) is 4.99 Å². The molecule has 0 bridgehead atoms. The molecule has 1 saturated carbocycles. The van der Waals surface area contributed by atoms with E-state index in [0.29, 0.717) is 6.10 Å². The van der Waals surface area contributed by atoms with Crippen molar-refractivity contribution >= 4 is 29.9 Å². The van der Waals surface area contributed by atoms with Crippen molar-refractivity contribution in [3.05, 3.63) is 0 Å². The van der Waals surface area contributed by atoms with Crippen LogP contribution in [0.4, 0.5) is 0 Å². The van der Waals surface area contributed by atoms with Gasteiger partial charge in [-0.15, -0.1) is 24.0 Å². The summed E-state index contributed by atoms with van der Waals surface area (Å²) in [5.74, 6) is 0.945. The second-order valence-electron chi connectivity index (χ2n) is 4.92. The largest absolute Gasteiger partial charge is 0.376 e. The molecule has 1 fully saturated rings. The molecular weight excluding hydrogens is 341 g/mol. The average molecular weight is 367 g/mol. The summed E-state index contributed by atoms with van der Waals surface area (Å²) in [5.41, 5.74) is 0. The monoisotopic (exact) mass is 367 g/mol. The summed E-state index contributed by atoms with van der Waals surface area (Å²) in [6.45, 7) is 3.64. The van der Waals surface area contributed by atoms with Gasteiger partial charge in [-0.25, -0.2) is 0 Å². The number of hydrogen-bond acceptors (Lipinski definition) is 4. The Morgan fingerprint density at radius 2 is 1.94 bits per heavy atom. The molecule has 0 unspecified atom stereocenters. The van der Waals surface area contributed by atoms with Crippen LogP contribution in [0.3, 0.4) is 0 Å². The average Bonchev–Trinajstić information content (AvgIpc) is 2.65. The van der Waals surface area contributed by atoms with Crippen LogP contribution < -0.4 is 10.6 Å². The third kappa shape index (κ3) is 6.22. The molecule has 0 saturated heterocycles. The maximum absolute atomic E-state index is 5.91. The van der Waals surface area contributed by atoms with E-state index in [1.54, 1.807) is 0 Å². The number of nitrogens with one attached hydrogen (secondary N) is 2. The lowest BCUT2D eigenvalue weighted by atomic mass is 10.1. The highest BCUT2D eigenvalue weighted by molar-refractivity contribution is 14.0. The van der Waals surface area contributed by atoms with Gasteiger partial charge in [0, 0.05) is 19.6 Å². The molecule has 5 heteroatoms. The van der Waals surface area contributed by atoms with E-state index in [0.717, 1.165) is 38.6 Å². The molecule has 2 N–H and O–H groups in total. The highest BCUT2D eigenvalue weighted by Crippen LogP contribution is 2.19. The molecule has 0 atom stereocenters. The molecule has 18 heavy (non-hydrogen) atoms. The lowest BCUT2D eigenvalue weighted by molar-refractivity contribution is 0.0468. The van der Waals surface area contributed by atoms with Crippen LogP contribution in [-0.4, -0.2) is 38.3 Å². The van der Waals surface area contributed by atoms with E-state index in [1.165, 1.54) is 38.5 Å². The summed E-state index contributed by atoms with van der Waals surface area (Å²) in [6.07, 6.45) is 9.60. The van der Waals surface area contributed by atoms with Gasteiger partial charge in [-0.1, -0.05) is 25.7 Å². The molecule has 106 valence electrons. The molecular formula is C13H26IN3O. The van der Waals surface area contributed by atoms with Gasteiger partial charge in [0.25, 0.3) is 0 Å². The topological polar surface area (TPSA) is 45.6 Å². The van der Waals surface area contributed by atoms with Crippen molar-refractivity contribution < 1.29 is 4.74 Å². The Labute approximate surface area is 127 Å². The minimum Gasteiger partial charge on any atom is -0.376 e. The lowest BCUT2D eigenvalue weighted by Gasteiger charge is -2.18.